The summed E-state index contributed by atoms with van der Waals surface area (Å²) in [6.45, 7) is 10.9. The second-order valence-electron chi connectivity index (χ2n) is 14.9. The van der Waals surface area contributed by atoms with Crippen LogP contribution in [0.2, 0.25) is 0 Å². The molecule has 15 heteroatoms. The summed E-state index contributed by atoms with van der Waals surface area (Å²) in [5, 5.41) is 17.0. The third-order valence-electron chi connectivity index (χ3n) is 10.2. The maximum atomic E-state index is 14.1. The Labute approximate surface area is 316 Å². The average Bonchev–Trinajstić information content (AvgIpc) is 3.13. The largest absolute Gasteiger partial charge is 0.398 e. The van der Waals surface area contributed by atoms with Gasteiger partial charge in [0.25, 0.3) is 0 Å². The standard InChI is InChI=1S/C39H55N9O6/c1-25-11-5-8-15-32(25)48-19-16-39(17-20-48,44-24-49)37(54)47-31-22-38(3,4)43-18-10-9-14-29(34(41)51)46-36(53)30(45-33(50)23-42-35(31)52)21-26(2)27-12-6-7-13-28(27)40/h5-8,11-13,15,24,29-31,43H,2,9-10,14,16-23,40H2,1,3-4H3,(H2,41,51)(H,42,52)(H,44,49)(H,45,50)(H,46,53)(H,47,54)/t29?,30?,31-/m1/s1. The van der Waals surface area contributed by atoms with E-state index in [4.69, 9.17) is 11.5 Å². The summed E-state index contributed by atoms with van der Waals surface area (Å²) >= 11 is 0. The van der Waals surface area contributed by atoms with E-state index in [9.17, 15) is 28.8 Å². The lowest BCUT2D eigenvalue weighted by Gasteiger charge is -2.42. The molecule has 0 aromatic heterocycles. The van der Waals surface area contributed by atoms with Crippen LogP contribution in [-0.2, 0) is 28.8 Å². The van der Waals surface area contributed by atoms with Crippen LogP contribution in [0.1, 0.15) is 69.9 Å². The van der Waals surface area contributed by atoms with Crippen molar-refractivity contribution in [2.45, 2.75) is 94.9 Å². The molecule has 10 N–H and O–H groups in total. The number of nitrogens with zero attached hydrogens (tertiary/aromatic N) is 1. The highest BCUT2D eigenvalue weighted by atomic mass is 16.2. The second-order valence-corrected chi connectivity index (χ2v) is 14.9. The highest BCUT2D eigenvalue weighted by Gasteiger charge is 2.43. The number of piperidine rings is 1. The van der Waals surface area contributed by atoms with E-state index in [0.29, 0.717) is 68.6 Å². The normalized spacial score (nSPS) is 22.7. The molecule has 0 spiro atoms. The molecule has 2 fully saturated rings. The van der Waals surface area contributed by atoms with Crippen molar-refractivity contribution < 1.29 is 28.8 Å². The fourth-order valence-corrected chi connectivity index (χ4v) is 7.06. The van der Waals surface area contributed by atoms with Gasteiger partial charge in [-0.05, 0) is 89.1 Å². The van der Waals surface area contributed by atoms with E-state index >= 15 is 0 Å². The number of nitrogens with two attached hydrogens (primary N) is 2. The number of carbonyl (C=O) groups is 6. The highest BCUT2D eigenvalue weighted by molar-refractivity contribution is 5.96. The molecule has 2 unspecified atom stereocenters. The average molecular weight is 746 g/mol. The van der Waals surface area contributed by atoms with Gasteiger partial charge in [0.05, 0.1) is 6.54 Å². The maximum absolute atomic E-state index is 14.1. The van der Waals surface area contributed by atoms with Gasteiger partial charge in [-0.1, -0.05) is 43.0 Å². The van der Waals surface area contributed by atoms with Crippen molar-refractivity contribution >= 4 is 52.9 Å². The third-order valence-corrected chi connectivity index (χ3v) is 10.2. The molecule has 0 aliphatic carbocycles. The molecule has 0 radical (unpaired) electrons. The quantitative estimate of drug-likeness (QED) is 0.134. The van der Waals surface area contributed by atoms with E-state index in [0.717, 1.165) is 11.3 Å². The lowest BCUT2D eigenvalue weighted by atomic mass is 9.85. The topological polar surface area (TPSA) is 230 Å². The number of para-hydroxylation sites is 2. The van der Waals surface area contributed by atoms with E-state index in [1.54, 1.807) is 24.3 Å². The molecule has 3 atom stereocenters. The van der Waals surface area contributed by atoms with Crippen LogP contribution in [0.25, 0.3) is 5.57 Å². The Morgan fingerprint density at radius 2 is 1.69 bits per heavy atom. The van der Waals surface area contributed by atoms with Gasteiger partial charge >= 0.3 is 0 Å². The number of nitrogen functional groups attached to an aromatic ring is 1. The zero-order valence-corrected chi connectivity index (χ0v) is 31.5. The SMILES string of the molecule is C=C(CC1NC(=O)CNC(=O)[C@H](NC(=O)C2(NC=O)CCN(c3ccccc3C)CC2)CC(C)(C)NCCCCC(C(N)=O)NC1=O)c1ccccc1N. The summed E-state index contributed by atoms with van der Waals surface area (Å²) < 4.78 is 0. The number of hydrogen-bond acceptors (Lipinski definition) is 9. The number of nitrogens with one attached hydrogen (secondary N) is 6. The predicted octanol–water partition coefficient (Wildman–Crippen LogP) is 0.764. The van der Waals surface area contributed by atoms with Crippen molar-refractivity contribution in [3.05, 3.63) is 66.2 Å². The van der Waals surface area contributed by atoms with Crippen LogP contribution in [0.15, 0.2) is 55.1 Å². The molecule has 2 aliphatic heterocycles. The summed E-state index contributed by atoms with van der Waals surface area (Å²) in [4.78, 5) is 81.2. The van der Waals surface area contributed by atoms with E-state index in [2.05, 4.69) is 43.4 Å². The van der Waals surface area contributed by atoms with E-state index in [1.165, 1.54) is 0 Å². The number of amides is 6. The Kier molecular flexibility index (Phi) is 14.2. The first-order valence-corrected chi connectivity index (χ1v) is 18.4. The molecule has 292 valence electrons. The van der Waals surface area contributed by atoms with Crippen molar-refractivity contribution in [3.8, 4) is 0 Å². The number of primary amides is 1. The first-order chi connectivity index (χ1) is 25.6. The molecule has 2 aliphatic rings. The monoisotopic (exact) mass is 745 g/mol. The fourth-order valence-electron chi connectivity index (χ4n) is 7.06. The van der Waals surface area contributed by atoms with Crippen LogP contribution in [0.3, 0.4) is 0 Å². The Morgan fingerprint density at radius 1 is 1.00 bits per heavy atom. The van der Waals surface area contributed by atoms with Crippen LogP contribution in [0, 0.1) is 6.92 Å². The third kappa shape index (κ3) is 11.0. The predicted molar refractivity (Wildman–Crippen MR) is 208 cm³/mol. The van der Waals surface area contributed by atoms with Crippen molar-refractivity contribution in [3.63, 3.8) is 0 Å². The van der Waals surface area contributed by atoms with E-state index < -0.39 is 65.3 Å². The molecule has 2 aromatic carbocycles. The molecule has 2 saturated heterocycles. The maximum Gasteiger partial charge on any atom is 0.246 e. The summed E-state index contributed by atoms with van der Waals surface area (Å²) in [7, 11) is 0. The van der Waals surface area contributed by atoms with Crippen molar-refractivity contribution in [2.24, 2.45) is 5.73 Å². The van der Waals surface area contributed by atoms with Crippen LogP contribution in [0.4, 0.5) is 11.4 Å². The van der Waals surface area contributed by atoms with Gasteiger partial charge < -0.3 is 48.3 Å². The Balaban J connectivity index is 1.54. The van der Waals surface area contributed by atoms with E-state index in [1.807, 2.05) is 45.0 Å². The van der Waals surface area contributed by atoms with Gasteiger partial charge in [0.1, 0.15) is 23.7 Å². The van der Waals surface area contributed by atoms with Gasteiger partial charge in [0, 0.05) is 42.0 Å². The number of aryl methyl sites for hydroxylation is 1. The lowest BCUT2D eigenvalue weighted by Crippen LogP contribution is -2.65. The highest BCUT2D eigenvalue weighted by Crippen LogP contribution is 2.29. The molecular weight excluding hydrogens is 690 g/mol. The molecule has 4 rings (SSSR count). The molecule has 2 heterocycles. The molecule has 0 saturated carbocycles. The van der Waals surface area contributed by atoms with E-state index in [-0.39, 0.29) is 19.3 Å². The summed E-state index contributed by atoms with van der Waals surface area (Å²) in [5.41, 5.74) is 13.5. The molecule has 6 amide bonds. The van der Waals surface area contributed by atoms with Gasteiger partial charge in [-0.25, -0.2) is 0 Å². The Bertz CT molecular complexity index is 1700. The number of carbonyl (C=O) groups excluding carboxylic acids is 6. The van der Waals surface area contributed by atoms with Gasteiger partial charge in [-0.3, -0.25) is 28.8 Å². The zero-order valence-electron chi connectivity index (χ0n) is 31.5. The minimum Gasteiger partial charge on any atom is -0.398 e. The van der Waals surface area contributed by atoms with Gasteiger partial charge in [-0.2, -0.15) is 0 Å². The van der Waals surface area contributed by atoms with Crippen molar-refractivity contribution in [2.75, 3.05) is 36.8 Å². The Morgan fingerprint density at radius 3 is 2.35 bits per heavy atom. The smallest absolute Gasteiger partial charge is 0.246 e. The number of hydrogen-bond donors (Lipinski definition) is 8. The molecular formula is C39H55N9O6. The zero-order chi connectivity index (χ0) is 39.5. The number of anilines is 2. The molecule has 0 bridgehead atoms. The minimum absolute atomic E-state index is 0.0465. The van der Waals surface area contributed by atoms with Crippen LogP contribution >= 0.6 is 0 Å². The Hall–Kier alpha value is -5.44. The van der Waals surface area contributed by atoms with Crippen molar-refractivity contribution in [1.29, 1.82) is 0 Å². The van der Waals surface area contributed by atoms with Gasteiger partial charge in [0.2, 0.25) is 35.9 Å². The summed E-state index contributed by atoms with van der Waals surface area (Å²) in [5.74, 6) is -3.17. The van der Waals surface area contributed by atoms with Crippen LogP contribution in [0.5, 0.6) is 0 Å². The summed E-state index contributed by atoms with van der Waals surface area (Å²) in [6.07, 6.45) is 2.62. The second kappa shape index (κ2) is 18.5. The first kappa shape index (κ1) is 41.3. The lowest BCUT2D eigenvalue weighted by molar-refractivity contribution is -0.135. The molecule has 2 aromatic rings. The molecule has 15 nitrogen and oxygen atoms in total. The minimum atomic E-state index is -1.26. The fraction of sp³-hybridized carbons (Fsp3) is 0.487. The number of benzene rings is 2. The van der Waals surface area contributed by atoms with Crippen LogP contribution < -0.4 is 48.3 Å². The molecule has 54 heavy (non-hydrogen) atoms. The van der Waals surface area contributed by atoms with Gasteiger partial charge in [-0.15, -0.1) is 0 Å². The van der Waals surface area contributed by atoms with Crippen molar-refractivity contribution in [1.82, 2.24) is 31.9 Å². The van der Waals surface area contributed by atoms with Gasteiger partial charge in [0.15, 0.2) is 0 Å². The van der Waals surface area contributed by atoms with Crippen LogP contribution in [-0.4, -0.2) is 91.3 Å². The number of rotatable bonds is 9. The first-order valence-electron chi connectivity index (χ1n) is 18.4. The summed E-state index contributed by atoms with van der Waals surface area (Å²) in [6, 6.07) is 11.7.